The molecule has 0 radical (unpaired) electrons. The topological polar surface area (TPSA) is 15.8 Å². The number of aromatic amines is 1. The zero-order chi connectivity index (χ0) is 7.72. The summed E-state index contributed by atoms with van der Waals surface area (Å²) in [4.78, 5) is 4.30. The van der Waals surface area contributed by atoms with Gasteiger partial charge in [0.2, 0.25) is 0 Å². The summed E-state index contributed by atoms with van der Waals surface area (Å²) in [6.07, 6.45) is 0. The predicted octanol–water partition coefficient (Wildman–Crippen LogP) is 2.61. The monoisotopic (exact) mass is 207 g/mol. The molecule has 0 amide bonds. The summed E-state index contributed by atoms with van der Waals surface area (Å²) in [5, 5.41) is 0.672. The standard InChI is InChI=1S/C5H5NS4/c7-2-1-3(8)5(10)6-4(2)9/h1,7-8H,(H2,6,9,10). The Morgan fingerprint density at radius 1 is 1.20 bits per heavy atom. The van der Waals surface area contributed by atoms with Crippen LogP contribution in [0.3, 0.4) is 0 Å². The maximum absolute atomic E-state index is 4.89. The molecule has 54 valence electrons. The van der Waals surface area contributed by atoms with Crippen molar-refractivity contribution in [2.45, 2.75) is 14.8 Å². The molecule has 5 heteroatoms. The van der Waals surface area contributed by atoms with Gasteiger partial charge in [0.05, 0.1) is 5.03 Å². The molecule has 1 nitrogen and oxygen atoms in total. The first-order valence-corrected chi connectivity index (χ1v) is 4.20. The van der Waals surface area contributed by atoms with E-state index in [0.29, 0.717) is 9.67 Å². The molecule has 1 aromatic heterocycles. The van der Waals surface area contributed by atoms with E-state index < -0.39 is 0 Å². The van der Waals surface area contributed by atoms with Gasteiger partial charge in [-0.1, -0.05) is 12.2 Å². The Hall–Kier alpha value is 0.420. The van der Waals surface area contributed by atoms with Crippen molar-refractivity contribution in [3.8, 4) is 0 Å². The molecule has 0 unspecified atom stereocenters. The quantitative estimate of drug-likeness (QED) is 0.380. The number of pyridine rings is 1. The molecule has 0 saturated heterocycles. The maximum Gasteiger partial charge on any atom is 0.117 e. The molecule has 10 heavy (non-hydrogen) atoms. The van der Waals surface area contributed by atoms with Gasteiger partial charge in [-0.05, 0) is 6.07 Å². The summed E-state index contributed by atoms with van der Waals surface area (Å²) >= 11 is 17.2. The normalized spacial score (nSPS) is 9.90. The van der Waals surface area contributed by atoms with Crippen molar-refractivity contribution in [1.82, 2.24) is 4.98 Å². The van der Waals surface area contributed by atoms with Gasteiger partial charge in [-0.2, -0.15) is 0 Å². The Morgan fingerprint density at radius 3 is 2.30 bits per heavy atom. The molecular weight excluding hydrogens is 202 g/mol. The lowest BCUT2D eigenvalue weighted by atomic mass is 10.5. The molecule has 1 aromatic rings. The summed E-state index contributed by atoms with van der Waals surface area (Å²) in [7, 11) is 0. The zero-order valence-electron chi connectivity index (χ0n) is 4.83. The van der Waals surface area contributed by atoms with Crippen molar-refractivity contribution in [2.75, 3.05) is 0 Å². The van der Waals surface area contributed by atoms with Crippen LogP contribution < -0.4 is 0 Å². The van der Waals surface area contributed by atoms with E-state index in [1.54, 1.807) is 6.07 Å². The second-order valence-electron chi connectivity index (χ2n) is 1.72. The van der Waals surface area contributed by atoms with Crippen LogP contribution in [-0.2, 0) is 0 Å². The van der Waals surface area contributed by atoms with Gasteiger partial charge in [-0.3, -0.25) is 0 Å². The summed E-state index contributed by atoms with van der Waals surface area (Å²) in [6.45, 7) is 0. The second kappa shape index (κ2) is 3.21. The van der Waals surface area contributed by atoms with E-state index >= 15 is 0 Å². The van der Waals surface area contributed by atoms with Crippen molar-refractivity contribution >= 4 is 50.1 Å². The lowest BCUT2D eigenvalue weighted by Gasteiger charge is -1.98. The van der Waals surface area contributed by atoms with Crippen molar-refractivity contribution in [3.63, 3.8) is 0 Å². The molecule has 0 aliphatic heterocycles. The van der Waals surface area contributed by atoms with Gasteiger partial charge >= 0.3 is 0 Å². The average molecular weight is 207 g/mol. The second-order valence-corrected chi connectivity index (χ2v) is 3.54. The van der Waals surface area contributed by atoms with Gasteiger partial charge in [0, 0.05) is 9.79 Å². The molecule has 0 bridgehead atoms. The zero-order valence-corrected chi connectivity index (χ0v) is 8.33. The van der Waals surface area contributed by atoms with E-state index in [1.807, 2.05) is 0 Å². The van der Waals surface area contributed by atoms with Crippen LogP contribution >= 0.6 is 50.1 Å². The van der Waals surface area contributed by atoms with Crippen molar-refractivity contribution in [1.29, 1.82) is 0 Å². The van der Waals surface area contributed by atoms with E-state index in [0.717, 1.165) is 9.79 Å². The first-order chi connectivity index (χ1) is 4.61. The number of thiol groups is 3. The minimum Gasteiger partial charge on any atom is -0.340 e. The van der Waals surface area contributed by atoms with E-state index in [-0.39, 0.29) is 0 Å². The lowest BCUT2D eigenvalue weighted by molar-refractivity contribution is 0.988. The highest BCUT2D eigenvalue weighted by Crippen LogP contribution is 2.19. The fourth-order valence-electron chi connectivity index (χ4n) is 0.499. The Morgan fingerprint density at radius 2 is 1.80 bits per heavy atom. The highest BCUT2D eigenvalue weighted by molar-refractivity contribution is 7.83. The van der Waals surface area contributed by atoms with Crippen LogP contribution in [0.15, 0.2) is 20.9 Å². The molecular formula is C5H5NS4. The van der Waals surface area contributed by atoms with Crippen LogP contribution in [0.1, 0.15) is 0 Å². The van der Waals surface area contributed by atoms with Gasteiger partial charge in [0.25, 0.3) is 0 Å². The van der Waals surface area contributed by atoms with E-state index in [9.17, 15) is 0 Å². The van der Waals surface area contributed by atoms with Gasteiger partial charge in [0.15, 0.2) is 0 Å². The van der Waals surface area contributed by atoms with Crippen molar-refractivity contribution < 1.29 is 0 Å². The first kappa shape index (κ1) is 8.52. The molecule has 1 heterocycles. The van der Waals surface area contributed by atoms with Crippen LogP contribution in [-0.4, -0.2) is 4.98 Å². The van der Waals surface area contributed by atoms with Crippen LogP contribution in [0.5, 0.6) is 0 Å². The Kier molecular flexibility index (Phi) is 2.74. The number of nitrogens with one attached hydrogen (secondary N) is 1. The molecule has 0 spiro atoms. The minimum atomic E-state index is 0.589. The summed E-state index contributed by atoms with van der Waals surface area (Å²) in [5.74, 6) is 0. The SMILES string of the molecule is S=c1[nH]c(S)c(S)cc1S. The number of rotatable bonds is 0. The highest BCUT2D eigenvalue weighted by atomic mass is 32.1. The Bertz CT molecular complexity index is 303. The minimum absolute atomic E-state index is 0.589. The average Bonchev–Trinajstić information content (AvgIpc) is 1.84. The third-order valence-corrected chi connectivity index (χ3v) is 2.69. The summed E-state index contributed by atoms with van der Waals surface area (Å²) in [6, 6.07) is 1.76. The van der Waals surface area contributed by atoms with Crippen LogP contribution in [0.4, 0.5) is 0 Å². The molecule has 0 atom stereocenters. The Balaban J connectivity index is 3.43. The van der Waals surface area contributed by atoms with Gasteiger partial charge in [-0.15, -0.1) is 37.9 Å². The lowest BCUT2D eigenvalue weighted by Crippen LogP contribution is -1.80. The molecule has 0 aliphatic carbocycles. The molecule has 0 aromatic carbocycles. The summed E-state index contributed by atoms with van der Waals surface area (Å²) < 4.78 is 0.589. The highest BCUT2D eigenvalue weighted by Gasteiger charge is 1.95. The van der Waals surface area contributed by atoms with Crippen LogP contribution in [0, 0.1) is 4.64 Å². The van der Waals surface area contributed by atoms with Gasteiger partial charge in [-0.25, -0.2) is 0 Å². The summed E-state index contributed by atoms with van der Waals surface area (Å²) in [5.41, 5.74) is 0. The van der Waals surface area contributed by atoms with E-state index in [2.05, 4.69) is 42.9 Å². The third kappa shape index (κ3) is 1.72. The van der Waals surface area contributed by atoms with Gasteiger partial charge in [0.1, 0.15) is 4.64 Å². The third-order valence-electron chi connectivity index (χ3n) is 0.981. The van der Waals surface area contributed by atoms with Crippen molar-refractivity contribution in [2.24, 2.45) is 0 Å². The van der Waals surface area contributed by atoms with Crippen LogP contribution in [0.2, 0.25) is 0 Å². The number of aromatic nitrogens is 1. The molecule has 0 saturated carbocycles. The van der Waals surface area contributed by atoms with E-state index in [4.69, 9.17) is 12.2 Å². The molecule has 0 fully saturated rings. The molecule has 0 aliphatic rings. The first-order valence-electron chi connectivity index (χ1n) is 2.45. The van der Waals surface area contributed by atoms with E-state index in [1.165, 1.54) is 0 Å². The van der Waals surface area contributed by atoms with Crippen LogP contribution in [0.25, 0.3) is 0 Å². The fourth-order valence-corrected chi connectivity index (χ4v) is 1.38. The van der Waals surface area contributed by atoms with Gasteiger partial charge < -0.3 is 4.98 Å². The largest absolute Gasteiger partial charge is 0.340 e. The fraction of sp³-hybridized carbons (Fsp3) is 0. The predicted molar refractivity (Wildman–Crippen MR) is 53.4 cm³/mol. The maximum atomic E-state index is 4.89. The molecule has 1 N–H and O–H groups in total. The van der Waals surface area contributed by atoms with Crippen molar-refractivity contribution in [3.05, 3.63) is 10.7 Å². The smallest absolute Gasteiger partial charge is 0.117 e. The number of hydrogen-bond donors (Lipinski definition) is 4. The molecule has 1 rings (SSSR count). The number of hydrogen-bond acceptors (Lipinski definition) is 4. The Labute approximate surface area is 80.5 Å². The number of H-pyrrole nitrogens is 1.